The molecule has 2 aliphatic rings. The Hall–Kier alpha value is -2.37. The lowest BCUT2D eigenvalue weighted by Crippen LogP contribution is -2.46. The molecule has 4 rings (SSSR count). The molecule has 0 bridgehead atoms. The van der Waals surface area contributed by atoms with Gasteiger partial charge in [0.1, 0.15) is 5.75 Å². The van der Waals surface area contributed by atoms with Crippen molar-refractivity contribution in [3.63, 3.8) is 0 Å². The Morgan fingerprint density at radius 1 is 1.36 bits per heavy atom. The van der Waals surface area contributed by atoms with Crippen molar-refractivity contribution in [1.29, 1.82) is 0 Å². The number of hydrogen-bond donors (Lipinski definition) is 0. The van der Waals surface area contributed by atoms with E-state index in [1.54, 1.807) is 0 Å². The molecule has 1 amide bonds. The fourth-order valence-electron chi connectivity index (χ4n) is 3.78. The normalized spacial score (nSPS) is 25.5. The minimum absolute atomic E-state index is 0.0626. The first-order valence-electron chi connectivity index (χ1n) is 9.04. The smallest absolute Gasteiger partial charge is 0.264 e. The summed E-state index contributed by atoms with van der Waals surface area (Å²) in [7, 11) is 0. The van der Waals surface area contributed by atoms with Crippen LogP contribution in [0.4, 0.5) is 0 Å². The molecule has 0 saturated carbocycles. The summed E-state index contributed by atoms with van der Waals surface area (Å²) in [4.78, 5) is 19.4. The van der Waals surface area contributed by atoms with Crippen molar-refractivity contribution in [1.82, 2.24) is 15.0 Å². The summed E-state index contributed by atoms with van der Waals surface area (Å²) in [5, 5.41) is 4.09. The predicted octanol–water partition coefficient (Wildman–Crippen LogP) is 2.90. The van der Waals surface area contributed by atoms with Crippen molar-refractivity contribution in [3.05, 3.63) is 41.5 Å². The highest BCUT2D eigenvalue weighted by Gasteiger charge is 2.40. The maximum atomic E-state index is 13.1. The third-order valence-electron chi connectivity index (χ3n) is 5.25. The summed E-state index contributed by atoms with van der Waals surface area (Å²) in [6.07, 6.45) is 2.22. The van der Waals surface area contributed by atoms with Crippen molar-refractivity contribution in [2.24, 2.45) is 0 Å². The van der Waals surface area contributed by atoms with Crippen LogP contribution in [0.5, 0.6) is 5.75 Å². The summed E-state index contributed by atoms with van der Waals surface area (Å²) in [6.45, 7) is 5.44. The third-order valence-corrected chi connectivity index (χ3v) is 5.25. The van der Waals surface area contributed by atoms with E-state index in [2.05, 4.69) is 17.1 Å². The molecule has 132 valence electrons. The molecule has 1 aromatic heterocycles. The van der Waals surface area contributed by atoms with Crippen molar-refractivity contribution < 1.29 is 14.1 Å². The number of piperidine rings is 1. The Kier molecular flexibility index (Phi) is 4.19. The van der Waals surface area contributed by atoms with Crippen LogP contribution in [-0.2, 0) is 11.2 Å². The van der Waals surface area contributed by atoms with Crippen LogP contribution < -0.4 is 4.74 Å². The molecular weight excluding hydrogens is 318 g/mol. The highest BCUT2D eigenvalue weighted by molar-refractivity contribution is 5.83. The van der Waals surface area contributed by atoms with E-state index in [1.807, 2.05) is 36.1 Å². The number of nitrogens with zero attached hydrogens (tertiary/aromatic N) is 3. The first kappa shape index (κ1) is 16.1. The van der Waals surface area contributed by atoms with Crippen LogP contribution in [0.1, 0.15) is 55.8 Å². The first-order chi connectivity index (χ1) is 12.2. The van der Waals surface area contributed by atoms with Crippen molar-refractivity contribution in [3.8, 4) is 5.75 Å². The number of ether oxygens (including phenoxy) is 1. The number of amides is 1. The second-order valence-corrected chi connectivity index (χ2v) is 6.89. The van der Waals surface area contributed by atoms with Crippen LogP contribution >= 0.6 is 0 Å². The van der Waals surface area contributed by atoms with Gasteiger partial charge in [-0.05, 0) is 18.9 Å². The lowest BCUT2D eigenvalue weighted by Gasteiger charge is -2.33. The molecule has 3 heterocycles. The van der Waals surface area contributed by atoms with Crippen LogP contribution in [0, 0.1) is 0 Å². The summed E-state index contributed by atoms with van der Waals surface area (Å²) in [5.74, 6) is 2.47. The molecular formula is C19H23N3O3. The number of aryl methyl sites for hydroxylation is 1. The second kappa shape index (κ2) is 6.50. The molecule has 1 fully saturated rings. The van der Waals surface area contributed by atoms with Gasteiger partial charge in [-0.25, -0.2) is 0 Å². The zero-order valence-electron chi connectivity index (χ0n) is 14.6. The van der Waals surface area contributed by atoms with Gasteiger partial charge in [-0.1, -0.05) is 37.2 Å². The molecule has 25 heavy (non-hydrogen) atoms. The van der Waals surface area contributed by atoms with Crippen LogP contribution in [0.2, 0.25) is 0 Å². The van der Waals surface area contributed by atoms with Crippen LogP contribution in [0.25, 0.3) is 0 Å². The van der Waals surface area contributed by atoms with Crippen molar-refractivity contribution >= 4 is 5.91 Å². The van der Waals surface area contributed by atoms with Gasteiger partial charge in [-0.2, -0.15) is 4.98 Å². The van der Waals surface area contributed by atoms with Gasteiger partial charge in [0, 0.05) is 36.9 Å². The topological polar surface area (TPSA) is 68.5 Å². The van der Waals surface area contributed by atoms with Gasteiger partial charge in [0.25, 0.3) is 5.91 Å². The van der Waals surface area contributed by atoms with E-state index in [4.69, 9.17) is 9.26 Å². The summed E-state index contributed by atoms with van der Waals surface area (Å²) >= 11 is 0. The Morgan fingerprint density at radius 2 is 2.20 bits per heavy atom. The molecule has 0 radical (unpaired) electrons. The Bertz CT molecular complexity index is 773. The van der Waals surface area contributed by atoms with Gasteiger partial charge in [0.2, 0.25) is 5.89 Å². The van der Waals surface area contributed by atoms with E-state index in [1.165, 1.54) is 0 Å². The summed E-state index contributed by atoms with van der Waals surface area (Å²) in [6, 6.07) is 7.91. The van der Waals surface area contributed by atoms with Crippen LogP contribution in [-0.4, -0.2) is 40.1 Å². The van der Waals surface area contributed by atoms with Crippen molar-refractivity contribution in [2.75, 3.05) is 13.1 Å². The number of rotatable bonds is 3. The number of carbonyl (C=O) groups excluding carboxylic acids is 1. The number of carbonyl (C=O) groups is 1. The maximum absolute atomic E-state index is 13.1. The fourth-order valence-corrected chi connectivity index (χ4v) is 3.78. The number of fused-ring (bicyclic) bond motifs is 1. The Labute approximate surface area is 147 Å². The highest BCUT2D eigenvalue weighted by atomic mass is 16.5. The van der Waals surface area contributed by atoms with Gasteiger partial charge < -0.3 is 14.2 Å². The third kappa shape index (κ3) is 2.90. The zero-order chi connectivity index (χ0) is 17.4. The van der Waals surface area contributed by atoms with Gasteiger partial charge in [-0.15, -0.1) is 0 Å². The molecule has 1 aromatic carbocycles. The van der Waals surface area contributed by atoms with Gasteiger partial charge in [-0.3, -0.25) is 4.79 Å². The molecule has 0 unspecified atom stereocenters. The Morgan fingerprint density at radius 3 is 2.96 bits per heavy atom. The van der Waals surface area contributed by atoms with Gasteiger partial charge >= 0.3 is 0 Å². The largest absolute Gasteiger partial charge is 0.480 e. The van der Waals surface area contributed by atoms with E-state index in [0.717, 1.165) is 42.9 Å². The number of hydrogen-bond acceptors (Lipinski definition) is 5. The SMILES string of the molecule is CCc1nc([C@@H]2CCCN(C(=O)[C@@H]3Oc4ccccc4[C@@H]3C)C2)no1. The molecule has 2 aromatic rings. The summed E-state index contributed by atoms with van der Waals surface area (Å²) < 4.78 is 11.2. The van der Waals surface area contributed by atoms with Crippen LogP contribution in [0.15, 0.2) is 28.8 Å². The number of aromatic nitrogens is 2. The molecule has 0 N–H and O–H groups in total. The predicted molar refractivity (Wildman–Crippen MR) is 91.5 cm³/mol. The van der Waals surface area contributed by atoms with E-state index in [-0.39, 0.29) is 17.7 Å². The van der Waals surface area contributed by atoms with Crippen LogP contribution in [0.3, 0.4) is 0 Å². The van der Waals surface area contributed by atoms with Gasteiger partial charge in [0.15, 0.2) is 11.9 Å². The molecule has 0 aliphatic carbocycles. The van der Waals surface area contributed by atoms with Gasteiger partial charge in [0.05, 0.1) is 0 Å². The summed E-state index contributed by atoms with van der Waals surface area (Å²) in [5.41, 5.74) is 1.11. The molecule has 2 aliphatic heterocycles. The second-order valence-electron chi connectivity index (χ2n) is 6.89. The maximum Gasteiger partial charge on any atom is 0.264 e. The fraction of sp³-hybridized carbons (Fsp3) is 0.526. The van der Waals surface area contributed by atoms with E-state index in [9.17, 15) is 4.79 Å². The molecule has 0 spiro atoms. The molecule has 6 nitrogen and oxygen atoms in total. The Balaban J connectivity index is 1.47. The standard InChI is InChI=1S/C19H23N3O3/c1-3-16-20-18(21-25-16)13-7-6-10-22(11-13)19(23)17-12(2)14-8-4-5-9-15(14)24-17/h4-5,8-9,12-13,17H,3,6-7,10-11H2,1-2H3/t12-,13+,17+/m0/s1. The number of benzene rings is 1. The minimum Gasteiger partial charge on any atom is -0.480 e. The molecule has 3 atom stereocenters. The quantitative estimate of drug-likeness (QED) is 0.858. The number of likely N-dealkylation sites (tertiary alicyclic amines) is 1. The average molecular weight is 341 g/mol. The lowest BCUT2D eigenvalue weighted by molar-refractivity contribution is -0.140. The van der Waals surface area contributed by atoms with Crippen molar-refractivity contribution in [2.45, 2.75) is 51.0 Å². The lowest BCUT2D eigenvalue weighted by atomic mass is 9.94. The monoisotopic (exact) mass is 341 g/mol. The molecule has 6 heteroatoms. The molecule has 1 saturated heterocycles. The van der Waals surface area contributed by atoms with E-state index < -0.39 is 6.10 Å². The first-order valence-corrected chi connectivity index (χ1v) is 9.04. The number of para-hydroxylation sites is 1. The van der Waals surface area contributed by atoms with E-state index >= 15 is 0 Å². The average Bonchev–Trinajstić information content (AvgIpc) is 3.26. The highest BCUT2D eigenvalue weighted by Crippen LogP contribution is 2.39. The zero-order valence-corrected chi connectivity index (χ0v) is 14.6. The van der Waals surface area contributed by atoms with E-state index in [0.29, 0.717) is 12.4 Å². The minimum atomic E-state index is -0.437.